The molecule has 4 nitrogen and oxygen atoms in total. The summed E-state index contributed by atoms with van der Waals surface area (Å²) in [5.74, 6) is 0.668. The molecule has 0 radical (unpaired) electrons. The molecule has 2 heterocycles. The molecular formula is C9H12N2O2. The number of fused-ring (bicyclic) bond motifs is 1. The zero-order chi connectivity index (χ0) is 9.42. The third-order valence-electron chi connectivity index (χ3n) is 2.57. The van der Waals surface area contributed by atoms with Crippen LogP contribution in [0.25, 0.3) is 0 Å². The topological polar surface area (TPSA) is 48.9 Å². The molecule has 0 bridgehead atoms. The van der Waals surface area contributed by atoms with Crippen LogP contribution in [0.15, 0.2) is 10.9 Å². The van der Waals surface area contributed by atoms with Crippen molar-refractivity contribution in [2.75, 3.05) is 0 Å². The molecular weight excluding hydrogens is 168 g/mol. The fourth-order valence-corrected chi connectivity index (χ4v) is 1.81. The van der Waals surface area contributed by atoms with E-state index >= 15 is 0 Å². The molecule has 1 aromatic heterocycles. The first-order chi connectivity index (χ1) is 6.20. The highest BCUT2D eigenvalue weighted by atomic mass is 16.3. The van der Waals surface area contributed by atoms with E-state index in [4.69, 9.17) is 0 Å². The summed E-state index contributed by atoms with van der Waals surface area (Å²) in [6.07, 6.45) is 2.93. The van der Waals surface area contributed by atoms with E-state index in [0.29, 0.717) is 0 Å². The van der Waals surface area contributed by atoms with E-state index < -0.39 is 0 Å². The van der Waals surface area contributed by atoms with E-state index in [1.54, 1.807) is 16.2 Å². The van der Waals surface area contributed by atoms with Crippen molar-refractivity contribution < 1.29 is 9.67 Å². The lowest BCUT2D eigenvalue weighted by Gasteiger charge is -2.16. The van der Waals surface area contributed by atoms with Gasteiger partial charge in [-0.3, -0.25) is 0 Å². The summed E-state index contributed by atoms with van der Waals surface area (Å²) in [5, 5.41) is 11.3. The number of nitrogens with zero attached hydrogens (tertiary/aromatic N) is 2. The highest BCUT2D eigenvalue weighted by Gasteiger charge is 2.20. The molecule has 0 aromatic carbocycles. The Kier molecular flexibility index (Phi) is 1.83. The first kappa shape index (κ1) is 8.29. The van der Waals surface area contributed by atoms with Crippen LogP contribution in [0.2, 0.25) is 0 Å². The van der Waals surface area contributed by atoms with Gasteiger partial charge in [-0.25, -0.2) is 9.36 Å². The highest BCUT2D eigenvalue weighted by molar-refractivity contribution is 5.00. The van der Waals surface area contributed by atoms with Gasteiger partial charge in [0.05, 0.1) is 25.5 Å². The zero-order valence-corrected chi connectivity index (χ0v) is 7.62. The predicted molar refractivity (Wildman–Crippen MR) is 44.3 cm³/mol. The van der Waals surface area contributed by atoms with Crippen molar-refractivity contribution in [2.24, 2.45) is 7.05 Å². The van der Waals surface area contributed by atoms with Crippen molar-refractivity contribution in [3.05, 3.63) is 22.2 Å². The van der Waals surface area contributed by atoms with Crippen molar-refractivity contribution >= 4 is 0 Å². The monoisotopic (exact) mass is 180 g/mol. The van der Waals surface area contributed by atoms with Gasteiger partial charge >= 0.3 is 5.56 Å². The van der Waals surface area contributed by atoms with E-state index in [2.05, 4.69) is 0 Å². The number of hydrogen-bond acceptors (Lipinski definition) is 2. The minimum absolute atomic E-state index is 0.155. The molecule has 0 saturated heterocycles. The first-order valence-electron chi connectivity index (χ1n) is 4.50. The molecule has 0 atom stereocenters. The minimum atomic E-state index is -0.196. The summed E-state index contributed by atoms with van der Waals surface area (Å²) < 4.78 is 3.27. The van der Waals surface area contributed by atoms with E-state index in [9.17, 15) is 9.90 Å². The fraction of sp³-hybridized carbons (Fsp3) is 0.556. The van der Waals surface area contributed by atoms with Crippen LogP contribution in [0, 0.1) is 0 Å². The van der Waals surface area contributed by atoms with Crippen molar-refractivity contribution in [2.45, 2.75) is 25.8 Å². The maximum Gasteiger partial charge on any atom is 0.336 e. The molecule has 1 aliphatic heterocycles. The number of rotatable bonds is 0. The molecule has 2 rings (SSSR count). The van der Waals surface area contributed by atoms with E-state index in [1.807, 2.05) is 0 Å². The summed E-state index contributed by atoms with van der Waals surface area (Å²) >= 11 is 0. The highest BCUT2D eigenvalue weighted by Crippen LogP contribution is 2.08. The molecule has 0 amide bonds. The smallest absolute Gasteiger partial charge is 0.336 e. The van der Waals surface area contributed by atoms with E-state index in [0.717, 1.165) is 37.7 Å². The van der Waals surface area contributed by atoms with Crippen molar-refractivity contribution in [1.29, 1.82) is 0 Å². The molecule has 1 aliphatic rings. The lowest BCUT2D eigenvalue weighted by atomic mass is 10.1. The van der Waals surface area contributed by atoms with Crippen LogP contribution in [0.5, 0.6) is 5.88 Å². The van der Waals surface area contributed by atoms with Gasteiger partial charge in [0.25, 0.3) is 5.82 Å². The van der Waals surface area contributed by atoms with E-state index in [-0.39, 0.29) is 11.4 Å². The third-order valence-corrected chi connectivity index (χ3v) is 2.57. The van der Waals surface area contributed by atoms with Crippen LogP contribution >= 0.6 is 0 Å². The van der Waals surface area contributed by atoms with Gasteiger partial charge in [0.2, 0.25) is 0 Å². The van der Waals surface area contributed by atoms with Crippen LogP contribution in [0.1, 0.15) is 18.7 Å². The minimum Gasteiger partial charge on any atom is -0.842 e. The molecule has 0 saturated carbocycles. The average Bonchev–Trinajstić information content (AvgIpc) is 2.15. The maximum absolute atomic E-state index is 11.4. The van der Waals surface area contributed by atoms with Crippen molar-refractivity contribution in [1.82, 2.24) is 4.57 Å². The standard InChI is InChI=1S/C9H12N2O2/c1-10-7-4-2-3-5-11(7)9(13)6-8(10)12/h6H,2-5H2,1H3. The molecule has 0 fully saturated rings. The molecule has 4 heteroatoms. The summed E-state index contributed by atoms with van der Waals surface area (Å²) in [6.45, 7) is 0.752. The fourth-order valence-electron chi connectivity index (χ4n) is 1.81. The molecule has 0 N–H and O–H groups in total. The van der Waals surface area contributed by atoms with Gasteiger partial charge in [0.15, 0.2) is 0 Å². The van der Waals surface area contributed by atoms with Crippen LogP contribution < -0.4 is 15.2 Å². The number of aromatic nitrogens is 2. The second kappa shape index (κ2) is 2.87. The molecule has 70 valence electrons. The van der Waals surface area contributed by atoms with Crippen molar-refractivity contribution in [3.63, 3.8) is 0 Å². The normalized spacial score (nSPS) is 15.5. The van der Waals surface area contributed by atoms with E-state index in [1.165, 1.54) is 0 Å². The molecule has 0 unspecified atom stereocenters. The first-order valence-corrected chi connectivity index (χ1v) is 4.50. The Bertz CT molecular complexity index is 395. The van der Waals surface area contributed by atoms with Crippen LogP contribution in [0.3, 0.4) is 0 Å². The summed E-state index contributed by atoms with van der Waals surface area (Å²) in [4.78, 5) is 11.4. The molecule has 0 aliphatic carbocycles. The van der Waals surface area contributed by atoms with Crippen molar-refractivity contribution in [3.8, 4) is 5.88 Å². The Hall–Kier alpha value is -1.32. The second-order valence-corrected chi connectivity index (χ2v) is 3.40. The van der Waals surface area contributed by atoms with Crippen LogP contribution in [-0.4, -0.2) is 4.57 Å². The van der Waals surface area contributed by atoms with Gasteiger partial charge in [-0.15, -0.1) is 0 Å². The lowest BCUT2D eigenvalue weighted by molar-refractivity contribution is -0.725. The summed E-state index contributed by atoms with van der Waals surface area (Å²) in [7, 11) is 1.72. The average molecular weight is 180 g/mol. The van der Waals surface area contributed by atoms with Gasteiger partial charge in [-0.1, -0.05) is 0 Å². The van der Waals surface area contributed by atoms with Crippen LogP contribution in [-0.2, 0) is 20.0 Å². The summed E-state index contributed by atoms with van der Waals surface area (Å²) in [6, 6.07) is 1.16. The second-order valence-electron chi connectivity index (χ2n) is 3.40. The molecule has 1 aromatic rings. The van der Waals surface area contributed by atoms with Gasteiger partial charge in [0, 0.05) is 6.42 Å². The van der Waals surface area contributed by atoms with Gasteiger partial charge in [0.1, 0.15) is 0 Å². The Labute approximate surface area is 76.1 Å². The number of hydrogen-bond donors (Lipinski definition) is 0. The third kappa shape index (κ3) is 1.22. The van der Waals surface area contributed by atoms with Gasteiger partial charge in [-0.2, -0.15) is 4.57 Å². The van der Waals surface area contributed by atoms with Gasteiger partial charge < -0.3 is 5.11 Å². The Morgan fingerprint density at radius 1 is 1.54 bits per heavy atom. The summed E-state index contributed by atoms with van der Waals surface area (Å²) in [5.41, 5.74) is -0.155. The zero-order valence-electron chi connectivity index (χ0n) is 7.62. The van der Waals surface area contributed by atoms with Crippen LogP contribution in [0.4, 0.5) is 0 Å². The Morgan fingerprint density at radius 2 is 2.31 bits per heavy atom. The Balaban J connectivity index is 2.70. The Morgan fingerprint density at radius 3 is 3.08 bits per heavy atom. The largest absolute Gasteiger partial charge is 0.842 e. The lowest BCUT2D eigenvalue weighted by Crippen LogP contribution is -2.46. The molecule has 13 heavy (non-hydrogen) atoms. The predicted octanol–water partition coefficient (Wildman–Crippen LogP) is -0.917. The van der Waals surface area contributed by atoms with Gasteiger partial charge in [-0.05, 0) is 12.8 Å². The molecule has 0 spiro atoms. The maximum atomic E-state index is 11.4. The quantitative estimate of drug-likeness (QED) is 0.485. The SMILES string of the molecule is C[n+]1c([O-])cc(=O)n2c1CCCC2.